The van der Waals surface area contributed by atoms with E-state index in [1.807, 2.05) is 30.3 Å². The Morgan fingerprint density at radius 2 is 1.95 bits per heavy atom. The summed E-state index contributed by atoms with van der Waals surface area (Å²) in [5, 5.41) is 12.6. The molecule has 1 aliphatic carbocycles. The standard InChI is InChI=1S/C17H25NO2/c1-2-17(10-6-7-11-17)16(20)18-15(13-19)12-14-8-4-3-5-9-14/h3-5,8-9,15,19H,2,6-7,10-13H2,1H3,(H,18,20)/t15-/m1/s1. The maximum atomic E-state index is 12.5. The van der Waals surface area contributed by atoms with E-state index in [2.05, 4.69) is 12.2 Å². The normalized spacial score (nSPS) is 18.7. The third-order valence-corrected chi connectivity index (χ3v) is 4.60. The Kier molecular flexibility index (Phi) is 5.18. The van der Waals surface area contributed by atoms with Crippen LogP contribution in [-0.2, 0) is 11.2 Å². The van der Waals surface area contributed by atoms with E-state index in [1.165, 1.54) is 0 Å². The molecule has 0 aliphatic heterocycles. The number of carbonyl (C=O) groups is 1. The topological polar surface area (TPSA) is 49.3 Å². The summed E-state index contributed by atoms with van der Waals surface area (Å²) in [5.74, 6) is 0.132. The van der Waals surface area contributed by atoms with Crippen molar-refractivity contribution in [1.29, 1.82) is 0 Å². The number of hydrogen-bond acceptors (Lipinski definition) is 2. The summed E-state index contributed by atoms with van der Waals surface area (Å²) in [5.41, 5.74) is 0.952. The van der Waals surface area contributed by atoms with E-state index in [0.29, 0.717) is 6.42 Å². The molecule has 1 atom stereocenters. The number of carbonyl (C=O) groups excluding carboxylic acids is 1. The zero-order valence-corrected chi connectivity index (χ0v) is 12.3. The van der Waals surface area contributed by atoms with E-state index >= 15 is 0 Å². The minimum absolute atomic E-state index is 0.0135. The highest BCUT2D eigenvalue weighted by Crippen LogP contribution is 2.41. The lowest BCUT2D eigenvalue weighted by Crippen LogP contribution is -2.46. The fraction of sp³-hybridized carbons (Fsp3) is 0.588. The minimum Gasteiger partial charge on any atom is -0.394 e. The summed E-state index contributed by atoms with van der Waals surface area (Å²) in [4.78, 5) is 12.5. The second kappa shape index (κ2) is 6.89. The van der Waals surface area contributed by atoms with Gasteiger partial charge in [-0.15, -0.1) is 0 Å². The first-order valence-electron chi connectivity index (χ1n) is 7.66. The maximum Gasteiger partial charge on any atom is 0.226 e. The second-order valence-electron chi connectivity index (χ2n) is 5.88. The average molecular weight is 275 g/mol. The third kappa shape index (κ3) is 3.40. The van der Waals surface area contributed by atoms with Gasteiger partial charge in [-0.3, -0.25) is 4.79 Å². The third-order valence-electron chi connectivity index (χ3n) is 4.60. The molecule has 1 amide bonds. The highest BCUT2D eigenvalue weighted by Gasteiger charge is 2.39. The molecule has 1 aliphatic rings. The van der Waals surface area contributed by atoms with Gasteiger partial charge in [0.05, 0.1) is 12.6 Å². The van der Waals surface area contributed by atoms with Crippen molar-refractivity contribution in [1.82, 2.24) is 5.32 Å². The molecule has 110 valence electrons. The Labute approximate surface area is 121 Å². The molecular weight excluding hydrogens is 250 g/mol. The predicted octanol–water partition coefficient (Wildman–Crippen LogP) is 2.68. The number of nitrogens with one attached hydrogen (secondary N) is 1. The van der Waals surface area contributed by atoms with Crippen molar-refractivity contribution in [3.05, 3.63) is 35.9 Å². The number of benzene rings is 1. The fourth-order valence-corrected chi connectivity index (χ4v) is 3.19. The van der Waals surface area contributed by atoms with Gasteiger partial charge >= 0.3 is 0 Å². The molecule has 0 unspecified atom stereocenters. The highest BCUT2D eigenvalue weighted by molar-refractivity contribution is 5.83. The quantitative estimate of drug-likeness (QED) is 0.838. The van der Waals surface area contributed by atoms with Crippen LogP contribution in [0.25, 0.3) is 0 Å². The largest absolute Gasteiger partial charge is 0.394 e. The van der Waals surface area contributed by atoms with Crippen molar-refractivity contribution in [3.8, 4) is 0 Å². The zero-order valence-electron chi connectivity index (χ0n) is 12.3. The summed E-state index contributed by atoms with van der Waals surface area (Å²) >= 11 is 0. The molecule has 1 fully saturated rings. The summed E-state index contributed by atoms with van der Waals surface area (Å²) < 4.78 is 0. The number of aliphatic hydroxyl groups excluding tert-OH is 1. The molecule has 3 nitrogen and oxygen atoms in total. The van der Waals surface area contributed by atoms with Gasteiger partial charge in [0.1, 0.15) is 0 Å². The van der Waals surface area contributed by atoms with Crippen molar-refractivity contribution < 1.29 is 9.90 Å². The van der Waals surface area contributed by atoms with Crippen LogP contribution in [0, 0.1) is 5.41 Å². The van der Waals surface area contributed by atoms with Gasteiger partial charge in [0.2, 0.25) is 5.91 Å². The monoisotopic (exact) mass is 275 g/mol. The van der Waals surface area contributed by atoms with E-state index in [0.717, 1.165) is 37.7 Å². The SMILES string of the molecule is CCC1(C(=O)N[C@@H](CO)Cc2ccccc2)CCCC1. The van der Waals surface area contributed by atoms with Gasteiger partial charge in [-0.1, -0.05) is 50.1 Å². The van der Waals surface area contributed by atoms with Gasteiger partial charge in [0, 0.05) is 5.41 Å². The van der Waals surface area contributed by atoms with Crippen molar-refractivity contribution in [2.24, 2.45) is 5.41 Å². The molecule has 0 radical (unpaired) electrons. The number of amides is 1. The molecule has 0 saturated heterocycles. The van der Waals surface area contributed by atoms with Crippen LogP contribution in [0.4, 0.5) is 0 Å². The van der Waals surface area contributed by atoms with Crippen LogP contribution in [0.1, 0.15) is 44.6 Å². The Morgan fingerprint density at radius 3 is 2.50 bits per heavy atom. The Balaban J connectivity index is 1.97. The molecule has 0 spiro atoms. The van der Waals surface area contributed by atoms with Crippen LogP contribution in [-0.4, -0.2) is 23.7 Å². The number of rotatable bonds is 6. The summed E-state index contributed by atoms with van der Waals surface area (Å²) in [6, 6.07) is 9.81. The van der Waals surface area contributed by atoms with Gasteiger partial charge in [0.25, 0.3) is 0 Å². The zero-order chi connectivity index (χ0) is 14.4. The van der Waals surface area contributed by atoms with Crippen molar-refractivity contribution in [2.75, 3.05) is 6.61 Å². The fourth-order valence-electron chi connectivity index (χ4n) is 3.19. The van der Waals surface area contributed by atoms with E-state index in [4.69, 9.17) is 0 Å². The summed E-state index contributed by atoms with van der Waals surface area (Å²) in [7, 11) is 0. The first kappa shape index (κ1) is 15.0. The molecular formula is C17H25NO2. The Hall–Kier alpha value is -1.35. The smallest absolute Gasteiger partial charge is 0.226 e. The van der Waals surface area contributed by atoms with Crippen LogP contribution in [0.3, 0.4) is 0 Å². The van der Waals surface area contributed by atoms with Crippen molar-refractivity contribution >= 4 is 5.91 Å². The van der Waals surface area contributed by atoms with Crippen molar-refractivity contribution in [2.45, 2.75) is 51.5 Å². The molecule has 2 rings (SSSR count). The summed E-state index contributed by atoms with van der Waals surface area (Å²) in [6.45, 7) is 2.08. The van der Waals surface area contributed by atoms with E-state index in [-0.39, 0.29) is 24.0 Å². The molecule has 2 N–H and O–H groups in total. The molecule has 1 saturated carbocycles. The Morgan fingerprint density at radius 1 is 1.30 bits per heavy atom. The highest BCUT2D eigenvalue weighted by atomic mass is 16.3. The van der Waals surface area contributed by atoms with Crippen LogP contribution in [0.15, 0.2) is 30.3 Å². The average Bonchev–Trinajstić information content (AvgIpc) is 2.97. The lowest BCUT2D eigenvalue weighted by atomic mass is 9.82. The van der Waals surface area contributed by atoms with E-state index < -0.39 is 0 Å². The van der Waals surface area contributed by atoms with Crippen LogP contribution in [0.5, 0.6) is 0 Å². The molecule has 0 heterocycles. The molecule has 0 bridgehead atoms. The maximum absolute atomic E-state index is 12.5. The number of aliphatic hydroxyl groups is 1. The number of hydrogen-bond donors (Lipinski definition) is 2. The van der Waals surface area contributed by atoms with Crippen LogP contribution < -0.4 is 5.32 Å². The van der Waals surface area contributed by atoms with Crippen LogP contribution in [0.2, 0.25) is 0 Å². The van der Waals surface area contributed by atoms with E-state index in [9.17, 15) is 9.90 Å². The molecule has 0 aromatic heterocycles. The van der Waals surface area contributed by atoms with Gasteiger partial charge in [-0.05, 0) is 31.2 Å². The summed E-state index contributed by atoms with van der Waals surface area (Å²) in [6.07, 6.45) is 5.83. The van der Waals surface area contributed by atoms with Crippen LogP contribution >= 0.6 is 0 Å². The second-order valence-corrected chi connectivity index (χ2v) is 5.88. The predicted molar refractivity (Wildman–Crippen MR) is 80.4 cm³/mol. The van der Waals surface area contributed by atoms with Gasteiger partial charge < -0.3 is 10.4 Å². The van der Waals surface area contributed by atoms with Gasteiger partial charge in [0.15, 0.2) is 0 Å². The first-order valence-corrected chi connectivity index (χ1v) is 7.66. The Bertz CT molecular complexity index is 424. The molecule has 3 heteroatoms. The molecule has 1 aromatic rings. The first-order chi connectivity index (χ1) is 9.70. The lowest BCUT2D eigenvalue weighted by molar-refractivity contribution is -0.132. The van der Waals surface area contributed by atoms with E-state index in [1.54, 1.807) is 0 Å². The molecule has 20 heavy (non-hydrogen) atoms. The van der Waals surface area contributed by atoms with Gasteiger partial charge in [-0.2, -0.15) is 0 Å². The van der Waals surface area contributed by atoms with Gasteiger partial charge in [-0.25, -0.2) is 0 Å². The molecule has 1 aromatic carbocycles. The lowest BCUT2D eigenvalue weighted by Gasteiger charge is -2.28. The van der Waals surface area contributed by atoms with Crippen molar-refractivity contribution in [3.63, 3.8) is 0 Å². The minimum atomic E-state index is -0.190.